The fraction of sp³-hybridized carbons (Fsp3) is 0.286. The van der Waals surface area contributed by atoms with Crippen LogP contribution in [0.3, 0.4) is 0 Å². The zero-order valence-corrected chi connectivity index (χ0v) is 23.8. The number of allylic oxidation sites excluding steroid dienone is 2. The van der Waals surface area contributed by atoms with E-state index in [0.29, 0.717) is 6.61 Å². The standard InChI is InChI=1S/C10H17O2Si.C9H7.2CH3.2ClH.Si.Zr/c1-5-11-9-7-6-8-10(9)12-13(2,3)4;1-2-5-9-7-3-6-8(9)4-1;;;;;;/h8H,5-6H2,1-4H3;1-7H;2*1H3;2*1H;;/q4*-1;;;;. The number of hydrogen-bond donors (Lipinski definition) is 0. The number of rotatable bonds is 4. The Morgan fingerprint density at radius 3 is 2.25 bits per heavy atom. The van der Waals surface area contributed by atoms with E-state index in [9.17, 15) is 0 Å². The van der Waals surface area contributed by atoms with Crippen LogP contribution in [0.25, 0.3) is 10.8 Å². The van der Waals surface area contributed by atoms with E-state index in [1.165, 1.54) is 34.1 Å². The second-order valence-electron chi connectivity index (χ2n) is 6.08. The van der Waals surface area contributed by atoms with Gasteiger partial charge in [0.2, 0.25) is 8.32 Å². The Balaban J connectivity index is -0.000000172. The Morgan fingerprint density at radius 1 is 1.11 bits per heavy atom. The van der Waals surface area contributed by atoms with Gasteiger partial charge in [-0.3, -0.25) is 0 Å². The summed E-state index contributed by atoms with van der Waals surface area (Å²) >= 11 is 1.36. The SMILES string of the molecule is CCOC1=[C-]CC=C1O[Si](C)(C)C.Cl.Cl.[CH3-].[CH3-].[Si]=[Zr].c1ccc2[cH-]ccc2c1. The molecule has 7 heteroatoms. The maximum atomic E-state index is 5.84. The molecule has 158 valence electrons. The molecule has 0 heterocycles. The molecule has 2 aromatic rings. The first kappa shape index (κ1) is 35.3. The molecule has 3 rings (SSSR count). The van der Waals surface area contributed by atoms with E-state index in [1.807, 2.05) is 13.0 Å². The Labute approximate surface area is 202 Å². The molecular formula is C21H32Cl2O2Si2Zr-4. The molecule has 0 atom stereocenters. The maximum absolute atomic E-state index is 5.84. The van der Waals surface area contributed by atoms with Crippen molar-refractivity contribution in [1.29, 1.82) is 0 Å². The van der Waals surface area contributed by atoms with Gasteiger partial charge in [-0.25, -0.2) is 6.08 Å². The third kappa shape index (κ3) is 13.1. The van der Waals surface area contributed by atoms with Gasteiger partial charge in [0.05, 0.1) is 6.61 Å². The quantitative estimate of drug-likeness (QED) is 0.318. The zero-order chi connectivity index (χ0) is 18.0. The number of fused-ring (bicyclic) bond motifs is 1. The van der Waals surface area contributed by atoms with Crippen LogP contribution in [0.5, 0.6) is 0 Å². The van der Waals surface area contributed by atoms with Gasteiger partial charge in [0.25, 0.3) is 0 Å². The molecule has 1 aliphatic carbocycles. The van der Waals surface area contributed by atoms with Crippen LogP contribution in [0.4, 0.5) is 0 Å². The summed E-state index contributed by atoms with van der Waals surface area (Å²) in [4.78, 5) is 0. The van der Waals surface area contributed by atoms with Gasteiger partial charge < -0.3 is 24.0 Å². The molecule has 0 spiro atoms. The minimum absolute atomic E-state index is 0. The van der Waals surface area contributed by atoms with Gasteiger partial charge in [-0.05, 0) is 38.1 Å². The Morgan fingerprint density at radius 2 is 1.71 bits per heavy atom. The maximum Gasteiger partial charge on any atom is -0.0809 e. The van der Waals surface area contributed by atoms with Gasteiger partial charge in [0.15, 0.2) is 0 Å². The van der Waals surface area contributed by atoms with Crippen LogP contribution in [0.1, 0.15) is 13.3 Å². The topological polar surface area (TPSA) is 18.5 Å². The monoisotopic (exact) mass is 532 g/mol. The summed E-state index contributed by atoms with van der Waals surface area (Å²) in [7, 11) is -1.50. The van der Waals surface area contributed by atoms with Crippen molar-refractivity contribution in [1.82, 2.24) is 0 Å². The van der Waals surface area contributed by atoms with Crippen molar-refractivity contribution in [3.63, 3.8) is 0 Å². The van der Waals surface area contributed by atoms with E-state index < -0.39 is 8.32 Å². The van der Waals surface area contributed by atoms with Crippen LogP contribution < -0.4 is 0 Å². The molecule has 28 heavy (non-hydrogen) atoms. The van der Waals surface area contributed by atoms with Gasteiger partial charge in [-0.1, -0.05) is 6.07 Å². The molecule has 2 nitrogen and oxygen atoms in total. The summed E-state index contributed by atoms with van der Waals surface area (Å²) in [5.74, 6) is 1.69. The van der Waals surface area contributed by atoms with E-state index in [4.69, 9.17) is 9.16 Å². The van der Waals surface area contributed by atoms with E-state index in [2.05, 4.69) is 75.1 Å². The summed E-state index contributed by atoms with van der Waals surface area (Å²) in [5.41, 5.74) is 0. The van der Waals surface area contributed by atoms with E-state index >= 15 is 0 Å². The molecule has 0 fully saturated rings. The van der Waals surface area contributed by atoms with Gasteiger partial charge in [0, 0.05) is 0 Å². The molecule has 0 saturated heterocycles. The molecule has 2 radical (unpaired) electrons. The zero-order valence-electron chi connectivity index (χ0n) is 17.7. The van der Waals surface area contributed by atoms with Crippen molar-refractivity contribution in [3.8, 4) is 0 Å². The molecule has 0 unspecified atom stereocenters. The molecule has 0 N–H and O–H groups in total. The molecule has 2 aromatic carbocycles. The first-order valence-electron chi connectivity index (χ1n) is 7.98. The average Bonchev–Trinajstić information content (AvgIpc) is 3.18. The number of benzene rings is 1. The average molecular weight is 535 g/mol. The summed E-state index contributed by atoms with van der Waals surface area (Å²) in [5, 5.41) is 2.66. The first-order valence-corrected chi connectivity index (χ1v) is 15.6. The van der Waals surface area contributed by atoms with E-state index in [1.54, 1.807) is 0 Å². The molecule has 1 aliphatic rings. The van der Waals surface area contributed by atoms with Gasteiger partial charge >= 0.3 is 30.2 Å². The van der Waals surface area contributed by atoms with E-state index in [-0.39, 0.29) is 39.7 Å². The van der Waals surface area contributed by atoms with Crippen molar-refractivity contribution >= 4 is 50.8 Å². The summed E-state index contributed by atoms with van der Waals surface area (Å²) in [6, 6.07) is 14.7. The predicted molar refractivity (Wildman–Crippen MR) is 128 cm³/mol. The Kier molecular flexibility index (Phi) is 23.7. The largest absolute Gasteiger partial charge is 0.168 e. The van der Waals surface area contributed by atoms with Gasteiger partial charge in [-0.15, -0.1) is 67.0 Å². The van der Waals surface area contributed by atoms with Gasteiger partial charge in [-0.2, -0.15) is 17.5 Å². The number of halogens is 2. The minimum Gasteiger partial charge on any atom is -0.168 e. The van der Waals surface area contributed by atoms with Crippen LogP contribution in [-0.2, 0) is 32.5 Å². The fourth-order valence-corrected chi connectivity index (χ4v) is 3.01. The number of hydrogen-bond acceptors (Lipinski definition) is 2. The third-order valence-corrected chi connectivity index (χ3v) is 3.86. The first-order chi connectivity index (χ1) is 11.5. The molecule has 0 bridgehead atoms. The Hall–Kier alpha value is -0.193. The summed E-state index contributed by atoms with van der Waals surface area (Å²) in [6.07, 6.45) is 5.97. The van der Waals surface area contributed by atoms with Crippen molar-refractivity contribution in [2.24, 2.45) is 0 Å². The third-order valence-electron chi connectivity index (χ3n) is 3.03. The molecule has 0 amide bonds. The normalized spacial score (nSPS) is 11.1. The second kappa shape index (κ2) is 18.8. The van der Waals surface area contributed by atoms with Crippen molar-refractivity contribution in [2.75, 3.05) is 6.61 Å². The van der Waals surface area contributed by atoms with Crippen LogP contribution in [0, 0.1) is 20.9 Å². The molecule has 0 aliphatic heterocycles. The smallest absolute Gasteiger partial charge is 0.0809 e. The summed E-state index contributed by atoms with van der Waals surface area (Å²) < 4.78 is 11.2. The van der Waals surface area contributed by atoms with E-state index in [0.717, 1.165) is 17.9 Å². The molecular weight excluding hydrogens is 503 g/mol. The van der Waals surface area contributed by atoms with Crippen molar-refractivity contribution < 1.29 is 32.5 Å². The van der Waals surface area contributed by atoms with Crippen molar-refractivity contribution in [2.45, 2.75) is 33.0 Å². The minimum atomic E-state index is -1.50. The number of ether oxygens (including phenoxy) is 1. The second-order valence-corrected chi connectivity index (χ2v) is 10.5. The molecule has 0 saturated carbocycles. The fourth-order valence-electron chi connectivity index (χ4n) is 2.17. The van der Waals surface area contributed by atoms with Gasteiger partial charge in [0.1, 0.15) is 0 Å². The summed E-state index contributed by atoms with van der Waals surface area (Å²) in [6.45, 7) is 12.2. The predicted octanol–water partition coefficient (Wildman–Crippen LogP) is 6.77. The van der Waals surface area contributed by atoms with Crippen LogP contribution in [-0.4, -0.2) is 21.8 Å². The van der Waals surface area contributed by atoms with Crippen LogP contribution in [0.2, 0.25) is 19.6 Å². The molecule has 0 aromatic heterocycles. The Bertz CT molecular complexity index is 665. The van der Waals surface area contributed by atoms with Crippen molar-refractivity contribution in [3.05, 3.63) is 81.0 Å². The van der Waals surface area contributed by atoms with Crippen LogP contribution in [0.15, 0.2) is 60.1 Å². The van der Waals surface area contributed by atoms with Crippen LogP contribution >= 0.6 is 24.8 Å².